The highest BCUT2D eigenvalue weighted by Crippen LogP contribution is 2.27. The number of rotatable bonds is 8. The van der Waals surface area contributed by atoms with Crippen LogP contribution in [0.5, 0.6) is 0 Å². The monoisotopic (exact) mass is 290 g/mol. The molecular formula is C21H22O. The molecule has 0 heterocycles. The van der Waals surface area contributed by atoms with Crippen molar-refractivity contribution in [2.45, 2.75) is 19.3 Å². The SMILES string of the molecule is C=CCC(C=O)(/C=C/Cc1ccccc1)Cc1ccccc1. The van der Waals surface area contributed by atoms with Gasteiger partial charge in [-0.25, -0.2) is 0 Å². The van der Waals surface area contributed by atoms with Crippen molar-refractivity contribution in [3.05, 3.63) is 96.6 Å². The summed E-state index contributed by atoms with van der Waals surface area (Å²) < 4.78 is 0. The van der Waals surface area contributed by atoms with Crippen LogP contribution in [0.3, 0.4) is 0 Å². The van der Waals surface area contributed by atoms with Gasteiger partial charge in [0.15, 0.2) is 0 Å². The summed E-state index contributed by atoms with van der Waals surface area (Å²) in [5.74, 6) is 0. The van der Waals surface area contributed by atoms with Crippen molar-refractivity contribution in [2.75, 3.05) is 0 Å². The van der Waals surface area contributed by atoms with E-state index in [-0.39, 0.29) is 0 Å². The third-order valence-electron chi connectivity index (χ3n) is 3.78. The largest absolute Gasteiger partial charge is 0.302 e. The van der Waals surface area contributed by atoms with Crippen molar-refractivity contribution < 1.29 is 4.79 Å². The average molecular weight is 290 g/mol. The van der Waals surface area contributed by atoms with E-state index in [4.69, 9.17) is 0 Å². The van der Waals surface area contributed by atoms with Crippen molar-refractivity contribution in [3.63, 3.8) is 0 Å². The Kier molecular flexibility index (Phi) is 5.91. The quantitative estimate of drug-likeness (QED) is 0.504. The highest BCUT2D eigenvalue weighted by Gasteiger charge is 2.25. The van der Waals surface area contributed by atoms with E-state index in [0.717, 1.165) is 12.7 Å². The van der Waals surface area contributed by atoms with Crippen molar-refractivity contribution >= 4 is 6.29 Å². The lowest BCUT2D eigenvalue weighted by atomic mass is 9.79. The molecule has 1 nitrogen and oxygen atoms in total. The number of allylic oxidation sites excluding steroid dienone is 3. The van der Waals surface area contributed by atoms with Crippen LogP contribution in [0.4, 0.5) is 0 Å². The molecule has 0 spiro atoms. The fourth-order valence-electron chi connectivity index (χ4n) is 2.62. The number of carbonyl (C=O) groups is 1. The second-order valence-electron chi connectivity index (χ2n) is 5.60. The molecule has 0 saturated heterocycles. The van der Waals surface area contributed by atoms with Gasteiger partial charge in [0.1, 0.15) is 6.29 Å². The summed E-state index contributed by atoms with van der Waals surface area (Å²) in [6.07, 6.45) is 9.21. The van der Waals surface area contributed by atoms with Crippen molar-refractivity contribution in [2.24, 2.45) is 5.41 Å². The van der Waals surface area contributed by atoms with Crippen LogP contribution in [0.25, 0.3) is 0 Å². The smallest absolute Gasteiger partial charge is 0.130 e. The summed E-state index contributed by atoms with van der Waals surface area (Å²) >= 11 is 0. The fourth-order valence-corrected chi connectivity index (χ4v) is 2.62. The Morgan fingerprint density at radius 2 is 1.50 bits per heavy atom. The number of hydrogen-bond donors (Lipinski definition) is 0. The Bertz CT molecular complexity index is 613. The molecule has 2 aromatic rings. The van der Waals surface area contributed by atoms with E-state index >= 15 is 0 Å². The van der Waals surface area contributed by atoms with Crippen molar-refractivity contribution in [1.29, 1.82) is 0 Å². The molecule has 2 aromatic carbocycles. The first kappa shape index (κ1) is 16.0. The maximum atomic E-state index is 11.8. The molecule has 1 atom stereocenters. The van der Waals surface area contributed by atoms with Crippen LogP contribution in [-0.2, 0) is 17.6 Å². The van der Waals surface area contributed by atoms with E-state index in [9.17, 15) is 4.79 Å². The lowest BCUT2D eigenvalue weighted by Gasteiger charge is -2.23. The Labute approximate surface area is 133 Å². The predicted octanol–water partition coefficient (Wildman–Crippen LogP) is 4.79. The van der Waals surface area contributed by atoms with E-state index in [1.807, 2.05) is 48.6 Å². The normalized spacial score (nSPS) is 13.6. The van der Waals surface area contributed by atoms with Crippen LogP contribution >= 0.6 is 0 Å². The Balaban J connectivity index is 2.14. The average Bonchev–Trinajstić information content (AvgIpc) is 2.57. The van der Waals surface area contributed by atoms with E-state index in [0.29, 0.717) is 12.8 Å². The van der Waals surface area contributed by atoms with Gasteiger partial charge in [-0.2, -0.15) is 0 Å². The summed E-state index contributed by atoms with van der Waals surface area (Å²) in [6, 6.07) is 20.4. The third-order valence-corrected chi connectivity index (χ3v) is 3.78. The molecule has 0 aliphatic rings. The summed E-state index contributed by atoms with van der Waals surface area (Å²) in [7, 11) is 0. The highest BCUT2D eigenvalue weighted by atomic mass is 16.1. The second-order valence-corrected chi connectivity index (χ2v) is 5.60. The first-order chi connectivity index (χ1) is 10.8. The Morgan fingerprint density at radius 1 is 0.909 bits per heavy atom. The molecule has 1 unspecified atom stereocenters. The van der Waals surface area contributed by atoms with Gasteiger partial charge in [0, 0.05) is 0 Å². The maximum Gasteiger partial charge on any atom is 0.130 e. The van der Waals surface area contributed by atoms with Gasteiger partial charge in [0.05, 0.1) is 5.41 Å². The van der Waals surface area contributed by atoms with E-state index in [2.05, 4.69) is 36.9 Å². The van der Waals surface area contributed by atoms with E-state index in [1.165, 1.54) is 11.1 Å². The molecule has 0 bridgehead atoms. The Morgan fingerprint density at radius 3 is 2.05 bits per heavy atom. The van der Waals surface area contributed by atoms with Crippen LogP contribution in [0.15, 0.2) is 85.5 Å². The van der Waals surface area contributed by atoms with E-state index < -0.39 is 5.41 Å². The third kappa shape index (κ3) is 4.56. The lowest BCUT2D eigenvalue weighted by molar-refractivity contribution is -0.114. The minimum Gasteiger partial charge on any atom is -0.302 e. The molecule has 0 aliphatic carbocycles. The zero-order valence-electron chi connectivity index (χ0n) is 12.8. The van der Waals surface area contributed by atoms with Gasteiger partial charge in [0.25, 0.3) is 0 Å². The standard InChI is InChI=1S/C21H22O/c1-2-15-21(18-22,17-20-12-7-4-8-13-20)16-9-14-19-10-5-3-6-11-19/h2-13,16,18H,1,14-15,17H2/b16-9+. The van der Waals surface area contributed by atoms with Gasteiger partial charge in [-0.3, -0.25) is 0 Å². The summed E-state index contributed by atoms with van der Waals surface area (Å²) in [5, 5.41) is 0. The highest BCUT2D eigenvalue weighted by molar-refractivity contribution is 5.64. The molecule has 112 valence electrons. The molecule has 0 aromatic heterocycles. The minimum atomic E-state index is -0.502. The first-order valence-electron chi connectivity index (χ1n) is 7.61. The van der Waals surface area contributed by atoms with E-state index in [1.54, 1.807) is 0 Å². The summed E-state index contributed by atoms with van der Waals surface area (Å²) in [4.78, 5) is 11.8. The first-order valence-corrected chi connectivity index (χ1v) is 7.61. The minimum absolute atomic E-state index is 0.502. The molecule has 2 rings (SSSR count). The zero-order chi connectivity index (χ0) is 15.7. The topological polar surface area (TPSA) is 17.1 Å². The van der Waals surface area contributed by atoms with Crippen LogP contribution in [0.1, 0.15) is 17.5 Å². The second kappa shape index (κ2) is 8.14. The van der Waals surface area contributed by atoms with Gasteiger partial charge < -0.3 is 4.79 Å². The maximum absolute atomic E-state index is 11.8. The summed E-state index contributed by atoms with van der Waals surface area (Å²) in [5.41, 5.74) is 1.91. The molecule has 0 fully saturated rings. The summed E-state index contributed by atoms with van der Waals surface area (Å²) in [6.45, 7) is 3.81. The van der Waals surface area contributed by atoms with Crippen LogP contribution in [-0.4, -0.2) is 6.29 Å². The van der Waals surface area contributed by atoms with Gasteiger partial charge >= 0.3 is 0 Å². The molecule has 0 radical (unpaired) electrons. The van der Waals surface area contributed by atoms with Gasteiger partial charge in [-0.05, 0) is 30.4 Å². The van der Waals surface area contributed by atoms with Gasteiger partial charge in [-0.1, -0.05) is 78.9 Å². The van der Waals surface area contributed by atoms with Crippen LogP contribution in [0, 0.1) is 5.41 Å². The van der Waals surface area contributed by atoms with Crippen molar-refractivity contribution in [3.8, 4) is 0 Å². The number of benzene rings is 2. The molecule has 0 saturated carbocycles. The fraction of sp³-hybridized carbons (Fsp3) is 0.190. The molecule has 0 N–H and O–H groups in total. The molecule has 0 amide bonds. The molecular weight excluding hydrogens is 268 g/mol. The van der Waals surface area contributed by atoms with Gasteiger partial charge in [-0.15, -0.1) is 6.58 Å². The number of carbonyl (C=O) groups excluding carboxylic acids is 1. The number of aldehydes is 1. The van der Waals surface area contributed by atoms with Crippen LogP contribution < -0.4 is 0 Å². The Hall–Kier alpha value is -2.41. The van der Waals surface area contributed by atoms with Crippen molar-refractivity contribution in [1.82, 2.24) is 0 Å². The molecule has 0 aliphatic heterocycles. The number of hydrogen-bond acceptors (Lipinski definition) is 1. The van der Waals surface area contributed by atoms with Gasteiger partial charge in [0.2, 0.25) is 0 Å². The van der Waals surface area contributed by atoms with Crippen LogP contribution in [0.2, 0.25) is 0 Å². The molecule has 1 heteroatoms. The predicted molar refractivity (Wildman–Crippen MR) is 92.7 cm³/mol. The zero-order valence-corrected chi connectivity index (χ0v) is 12.8. The molecule has 22 heavy (non-hydrogen) atoms. The lowest BCUT2D eigenvalue weighted by Crippen LogP contribution is -2.22.